The molecular weight excluding hydrogens is 136 g/mol. The summed E-state index contributed by atoms with van der Waals surface area (Å²) >= 11 is 0. The van der Waals surface area contributed by atoms with E-state index in [1.54, 1.807) is 0 Å². The molecular formula is C9H22N2. The van der Waals surface area contributed by atoms with Gasteiger partial charge in [0.25, 0.3) is 0 Å². The fraction of sp³-hybridized carbons (Fsp3) is 1.00. The first-order valence-corrected chi connectivity index (χ1v) is 4.43. The molecule has 1 fully saturated rings. The van der Waals surface area contributed by atoms with Crippen molar-refractivity contribution < 1.29 is 1.43 Å². The summed E-state index contributed by atoms with van der Waals surface area (Å²) in [5.74, 6) is 0. The quantitative estimate of drug-likeness (QED) is 0.619. The van der Waals surface area contributed by atoms with Crippen LogP contribution >= 0.6 is 0 Å². The van der Waals surface area contributed by atoms with Crippen LogP contribution in [0.1, 0.15) is 28.6 Å². The van der Waals surface area contributed by atoms with Gasteiger partial charge < -0.3 is 10.2 Å². The minimum absolute atomic E-state index is 0. The standard InChI is InChI=1S/C9H20N2.H2/c1-9(2,3)10-8-5-6-11(4)7-8;/h8,10H,5-7H2,1-4H3;1H. The van der Waals surface area contributed by atoms with E-state index in [-0.39, 0.29) is 6.97 Å². The van der Waals surface area contributed by atoms with Crippen molar-refractivity contribution in [3.63, 3.8) is 0 Å². The lowest BCUT2D eigenvalue weighted by Crippen LogP contribution is -2.44. The van der Waals surface area contributed by atoms with Crippen molar-refractivity contribution in [3.8, 4) is 0 Å². The SMILES string of the molecule is CN1CCC(NC(C)(C)C)C1.[HH]. The predicted octanol–water partition coefficient (Wildman–Crippen LogP) is 1.32. The van der Waals surface area contributed by atoms with E-state index in [0.717, 1.165) is 0 Å². The summed E-state index contributed by atoms with van der Waals surface area (Å²) in [5, 5.41) is 3.61. The van der Waals surface area contributed by atoms with Crippen molar-refractivity contribution in [1.82, 2.24) is 10.2 Å². The molecule has 0 amide bonds. The first-order chi connectivity index (χ1) is 4.97. The molecule has 1 aliphatic rings. The van der Waals surface area contributed by atoms with Gasteiger partial charge in [-0.3, -0.25) is 0 Å². The Bertz CT molecular complexity index is 131. The van der Waals surface area contributed by atoms with E-state index >= 15 is 0 Å². The smallest absolute Gasteiger partial charge is 0.0211 e. The molecule has 0 bridgehead atoms. The third-order valence-corrected chi connectivity index (χ3v) is 2.03. The molecule has 1 heterocycles. The second-order valence-electron chi connectivity index (χ2n) is 4.64. The molecule has 1 aliphatic heterocycles. The Morgan fingerprint density at radius 1 is 1.45 bits per heavy atom. The third-order valence-electron chi connectivity index (χ3n) is 2.03. The Labute approximate surface area is 71.4 Å². The van der Waals surface area contributed by atoms with Crippen LogP contribution in [0.3, 0.4) is 0 Å². The lowest BCUT2D eigenvalue weighted by Gasteiger charge is -2.25. The maximum Gasteiger partial charge on any atom is 0.0211 e. The van der Waals surface area contributed by atoms with Crippen molar-refractivity contribution >= 4 is 0 Å². The van der Waals surface area contributed by atoms with Gasteiger partial charge in [-0.2, -0.15) is 0 Å². The molecule has 0 aromatic heterocycles. The molecule has 0 aromatic carbocycles. The molecule has 1 saturated heterocycles. The summed E-state index contributed by atoms with van der Waals surface area (Å²) < 4.78 is 0. The third kappa shape index (κ3) is 3.21. The molecule has 1 unspecified atom stereocenters. The highest BCUT2D eigenvalue weighted by molar-refractivity contribution is 4.84. The number of rotatable bonds is 1. The van der Waals surface area contributed by atoms with Crippen molar-refractivity contribution in [1.29, 1.82) is 0 Å². The van der Waals surface area contributed by atoms with E-state index in [0.29, 0.717) is 6.04 Å². The normalized spacial score (nSPS) is 27.8. The highest BCUT2D eigenvalue weighted by Crippen LogP contribution is 2.10. The van der Waals surface area contributed by atoms with Gasteiger partial charge in [-0.15, -0.1) is 0 Å². The number of nitrogens with zero attached hydrogens (tertiary/aromatic N) is 1. The zero-order valence-electron chi connectivity index (χ0n) is 8.15. The lowest BCUT2D eigenvalue weighted by molar-refractivity contribution is 0.343. The van der Waals surface area contributed by atoms with Gasteiger partial charge in [-0.25, -0.2) is 0 Å². The van der Waals surface area contributed by atoms with Crippen LogP contribution in [0.5, 0.6) is 0 Å². The molecule has 0 saturated carbocycles. The molecule has 2 nitrogen and oxygen atoms in total. The Kier molecular flexibility index (Phi) is 2.55. The molecule has 2 heteroatoms. The predicted molar refractivity (Wildman–Crippen MR) is 50.9 cm³/mol. The summed E-state index contributed by atoms with van der Waals surface area (Å²) in [7, 11) is 2.18. The molecule has 0 aliphatic carbocycles. The lowest BCUT2D eigenvalue weighted by atomic mass is 10.1. The molecule has 0 radical (unpaired) electrons. The summed E-state index contributed by atoms with van der Waals surface area (Å²) in [6.07, 6.45) is 1.30. The molecule has 1 rings (SSSR count). The molecule has 11 heavy (non-hydrogen) atoms. The van der Waals surface area contributed by atoms with Crippen LogP contribution in [-0.2, 0) is 0 Å². The minimum Gasteiger partial charge on any atom is -0.308 e. The summed E-state index contributed by atoms with van der Waals surface area (Å²) in [6.45, 7) is 9.13. The molecule has 1 atom stereocenters. The van der Waals surface area contributed by atoms with Crippen molar-refractivity contribution in [2.45, 2.75) is 38.8 Å². The second-order valence-corrected chi connectivity index (χ2v) is 4.64. The van der Waals surface area contributed by atoms with Gasteiger partial charge in [0.15, 0.2) is 0 Å². The first-order valence-electron chi connectivity index (χ1n) is 4.43. The van der Waals surface area contributed by atoms with E-state index < -0.39 is 0 Å². The fourth-order valence-electron chi connectivity index (χ4n) is 1.67. The number of likely N-dealkylation sites (tertiary alicyclic amines) is 1. The van der Waals surface area contributed by atoms with E-state index in [2.05, 4.69) is 38.0 Å². The molecule has 0 aromatic rings. The van der Waals surface area contributed by atoms with Gasteiger partial charge in [0, 0.05) is 19.6 Å². The van der Waals surface area contributed by atoms with Crippen LogP contribution in [0.25, 0.3) is 0 Å². The van der Waals surface area contributed by atoms with Crippen LogP contribution < -0.4 is 5.32 Å². The van der Waals surface area contributed by atoms with Crippen molar-refractivity contribution in [2.24, 2.45) is 0 Å². The molecule has 1 N–H and O–H groups in total. The monoisotopic (exact) mass is 158 g/mol. The average Bonchev–Trinajstić information content (AvgIpc) is 2.10. The highest BCUT2D eigenvalue weighted by Gasteiger charge is 2.23. The number of hydrogen-bond acceptors (Lipinski definition) is 2. The van der Waals surface area contributed by atoms with Gasteiger partial charge in [0.2, 0.25) is 0 Å². The maximum atomic E-state index is 3.61. The number of likely N-dealkylation sites (N-methyl/N-ethyl adjacent to an activating group) is 1. The van der Waals surface area contributed by atoms with E-state index in [1.165, 1.54) is 19.5 Å². The Morgan fingerprint density at radius 3 is 2.45 bits per heavy atom. The maximum absolute atomic E-state index is 3.61. The summed E-state index contributed by atoms with van der Waals surface area (Å²) in [5.41, 5.74) is 0.274. The van der Waals surface area contributed by atoms with Crippen LogP contribution in [0, 0.1) is 0 Å². The first kappa shape index (κ1) is 9.01. The van der Waals surface area contributed by atoms with Gasteiger partial charge in [0.1, 0.15) is 0 Å². The topological polar surface area (TPSA) is 15.3 Å². The van der Waals surface area contributed by atoms with Crippen LogP contribution in [0.2, 0.25) is 0 Å². The van der Waals surface area contributed by atoms with Gasteiger partial charge in [-0.1, -0.05) is 0 Å². The molecule has 68 valence electrons. The van der Waals surface area contributed by atoms with Crippen molar-refractivity contribution in [2.75, 3.05) is 20.1 Å². The Hall–Kier alpha value is -0.0800. The van der Waals surface area contributed by atoms with Crippen LogP contribution in [-0.4, -0.2) is 36.6 Å². The average molecular weight is 158 g/mol. The van der Waals surface area contributed by atoms with Gasteiger partial charge in [0.05, 0.1) is 0 Å². The number of nitrogens with one attached hydrogen (secondary N) is 1. The van der Waals surface area contributed by atoms with E-state index in [1.807, 2.05) is 0 Å². The minimum atomic E-state index is 0. The number of hydrogen-bond donors (Lipinski definition) is 1. The second kappa shape index (κ2) is 3.11. The fourth-order valence-corrected chi connectivity index (χ4v) is 1.67. The van der Waals surface area contributed by atoms with Crippen molar-refractivity contribution in [3.05, 3.63) is 0 Å². The Balaban J connectivity index is 0.00000121. The van der Waals surface area contributed by atoms with E-state index in [4.69, 9.17) is 0 Å². The van der Waals surface area contributed by atoms with E-state index in [9.17, 15) is 0 Å². The van der Waals surface area contributed by atoms with Gasteiger partial charge in [-0.05, 0) is 40.8 Å². The van der Waals surface area contributed by atoms with Crippen LogP contribution in [0.15, 0.2) is 0 Å². The summed E-state index contributed by atoms with van der Waals surface area (Å²) in [4.78, 5) is 2.38. The Morgan fingerprint density at radius 2 is 2.09 bits per heavy atom. The summed E-state index contributed by atoms with van der Waals surface area (Å²) in [6, 6.07) is 0.708. The largest absolute Gasteiger partial charge is 0.308 e. The van der Waals surface area contributed by atoms with Gasteiger partial charge >= 0.3 is 0 Å². The molecule has 0 spiro atoms. The zero-order valence-corrected chi connectivity index (χ0v) is 8.15. The highest BCUT2D eigenvalue weighted by atomic mass is 15.2. The van der Waals surface area contributed by atoms with Crippen LogP contribution in [0.4, 0.5) is 0 Å². The zero-order chi connectivity index (χ0) is 8.48.